The minimum Gasteiger partial charge on any atom is -0.207 e. The van der Waals surface area contributed by atoms with Crippen molar-refractivity contribution in [3.8, 4) is 0 Å². The first-order valence-corrected chi connectivity index (χ1v) is 6.70. The van der Waals surface area contributed by atoms with Crippen molar-refractivity contribution in [3.05, 3.63) is 35.6 Å². The van der Waals surface area contributed by atoms with Gasteiger partial charge in [-0.3, -0.25) is 0 Å². The van der Waals surface area contributed by atoms with Gasteiger partial charge in [0.15, 0.2) is 0 Å². The molecule has 0 bridgehead atoms. The monoisotopic (exact) mass is 322 g/mol. The zero-order valence-electron chi connectivity index (χ0n) is 8.06. The number of benzene rings is 1. The fourth-order valence-electron chi connectivity index (χ4n) is 1.23. The molecule has 0 atom stereocenters. The SMILES string of the molecule is CC(CBr)(CBr)Cc1ccc(F)cc1. The van der Waals surface area contributed by atoms with Crippen LogP contribution in [0.4, 0.5) is 4.39 Å². The molecule has 0 aliphatic rings. The van der Waals surface area contributed by atoms with Crippen molar-refractivity contribution in [2.45, 2.75) is 13.3 Å². The molecule has 78 valence electrons. The van der Waals surface area contributed by atoms with Crippen LogP contribution < -0.4 is 0 Å². The lowest BCUT2D eigenvalue weighted by atomic mass is 9.88. The van der Waals surface area contributed by atoms with E-state index in [1.807, 2.05) is 12.1 Å². The van der Waals surface area contributed by atoms with E-state index in [4.69, 9.17) is 0 Å². The second kappa shape index (κ2) is 5.26. The van der Waals surface area contributed by atoms with Crippen LogP contribution in [-0.2, 0) is 6.42 Å². The highest BCUT2D eigenvalue weighted by molar-refractivity contribution is 9.09. The third kappa shape index (κ3) is 3.35. The Kier molecular flexibility index (Phi) is 4.58. The maximum atomic E-state index is 12.7. The topological polar surface area (TPSA) is 0 Å². The number of hydrogen-bond donors (Lipinski definition) is 0. The molecule has 3 heteroatoms. The molecule has 1 aromatic carbocycles. The molecule has 14 heavy (non-hydrogen) atoms. The third-order valence-electron chi connectivity index (χ3n) is 2.19. The molecule has 0 amide bonds. The van der Waals surface area contributed by atoms with E-state index in [0.717, 1.165) is 17.1 Å². The molecular formula is C11H13Br2F. The van der Waals surface area contributed by atoms with E-state index in [1.165, 1.54) is 17.7 Å². The van der Waals surface area contributed by atoms with Crippen LogP contribution in [0.5, 0.6) is 0 Å². The molecule has 0 aliphatic carbocycles. The molecule has 0 aliphatic heterocycles. The molecule has 0 N–H and O–H groups in total. The molecule has 0 spiro atoms. The van der Waals surface area contributed by atoms with Gasteiger partial charge in [0.1, 0.15) is 5.82 Å². The Hall–Kier alpha value is 0.110. The maximum absolute atomic E-state index is 12.7. The van der Waals surface area contributed by atoms with Crippen LogP contribution in [0.2, 0.25) is 0 Å². The first-order valence-electron chi connectivity index (χ1n) is 4.46. The Morgan fingerprint density at radius 3 is 2.07 bits per heavy atom. The standard InChI is InChI=1S/C11H13Br2F/c1-11(7-12,8-13)6-9-2-4-10(14)5-3-9/h2-5H,6-8H2,1H3. The quantitative estimate of drug-likeness (QED) is 0.730. The first-order chi connectivity index (χ1) is 6.59. The lowest BCUT2D eigenvalue weighted by Gasteiger charge is -2.24. The highest BCUT2D eigenvalue weighted by Gasteiger charge is 2.21. The Morgan fingerprint density at radius 2 is 1.64 bits per heavy atom. The van der Waals surface area contributed by atoms with Crippen LogP contribution in [0.25, 0.3) is 0 Å². The number of alkyl halides is 2. The van der Waals surface area contributed by atoms with Crippen molar-refractivity contribution in [2.75, 3.05) is 10.7 Å². The highest BCUT2D eigenvalue weighted by atomic mass is 79.9. The average Bonchev–Trinajstić information content (AvgIpc) is 2.21. The Labute approximate surface area is 101 Å². The van der Waals surface area contributed by atoms with E-state index in [2.05, 4.69) is 38.8 Å². The molecule has 0 unspecified atom stereocenters. The largest absolute Gasteiger partial charge is 0.207 e. The normalized spacial score (nSPS) is 11.7. The van der Waals surface area contributed by atoms with Gasteiger partial charge in [-0.05, 0) is 29.5 Å². The van der Waals surface area contributed by atoms with Crippen LogP contribution in [0.1, 0.15) is 12.5 Å². The summed E-state index contributed by atoms with van der Waals surface area (Å²) in [5.41, 5.74) is 1.37. The van der Waals surface area contributed by atoms with Crippen molar-refractivity contribution < 1.29 is 4.39 Å². The predicted molar refractivity (Wildman–Crippen MR) is 65.8 cm³/mol. The summed E-state index contributed by atoms with van der Waals surface area (Å²) in [7, 11) is 0. The van der Waals surface area contributed by atoms with Gasteiger partial charge in [-0.25, -0.2) is 4.39 Å². The molecule has 0 saturated heterocycles. The zero-order valence-corrected chi connectivity index (χ0v) is 11.2. The van der Waals surface area contributed by atoms with Gasteiger partial charge in [0.2, 0.25) is 0 Å². The number of hydrogen-bond acceptors (Lipinski definition) is 0. The van der Waals surface area contributed by atoms with E-state index in [0.29, 0.717) is 0 Å². The van der Waals surface area contributed by atoms with Crippen LogP contribution >= 0.6 is 31.9 Å². The molecule has 1 rings (SSSR count). The molecule has 0 nitrogen and oxygen atoms in total. The van der Waals surface area contributed by atoms with Crippen LogP contribution in [0.3, 0.4) is 0 Å². The lowest BCUT2D eigenvalue weighted by molar-refractivity contribution is 0.438. The van der Waals surface area contributed by atoms with Crippen molar-refractivity contribution in [2.24, 2.45) is 5.41 Å². The molecule has 1 aromatic rings. The number of halogens is 3. The summed E-state index contributed by atoms with van der Waals surface area (Å²) >= 11 is 7.00. The van der Waals surface area contributed by atoms with E-state index in [1.54, 1.807) is 0 Å². The molecule has 0 saturated carbocycles. The Balaban J connectivity index is 2.72. The van der Waals surface area contributed by atoms with E-state index in [9.17, 15) is 4.39 Å². The highest BCUT2D eigenvalue weighted by Crippen LogP contribution is 2.27. The van der Waals surface area contributed by atoms with Crippen molar-refractivity contribution in [1.82, 2.24) is 0 Å². The summed E-state index contributed by atoms with van der Waals surface area (Å²) in [6, 6.07) is 6.72. The fourth-order valence-corrected chi connectivity index (χ4v) is 2.55. The van der Waals surface area contributed by atoms with Crippen LogP contribution in [-0.4, -0.2) is 10.7 Å². The second-order valence-corrected chi connectivity index (χ2v) is 5.00. The van der Waals surface area contributed by atoms with Gasteiger partial charge < -0.3 is 0 Å². The summed E-state index contributed by atoms with van der Waals surface area (Å²) in [6.07, 6.45) is 0.948. The summed E-state index contributed by atoms with van der Waals surface area (Å²) in [5.74, 6) is -0.173. The zero-order chi connectivity index (χ0) is 10.6. The Bertz CT molecular complexity index is 278. The second-order valence-electron chi connectivity index (χ2n) is 3.88. The van der Waals surface area contributed by atoms with Gasteiger partial charge in [0.05, 0.1) is 0 Å². The third-order valence-corrected chi connectivity index (χ3v) is 4.90. The predicted octanol–water partition coefficient (Wildman–Crippen LogP) is 4.16. The van der Waals surface area contributed by atoms with Crippen molar-refractivity contribution in [3.63, 3.8) is 0 Å². The minimum absolute atomic E-state index is 0.173. The van der Waals surface area contributed by atoms with Gasteiger partial charge in [-0.15, -0.1) is 0 Å². The van der Waals surface area contributed by atoms with E-state index >= 15 is 0 Å². The summed E-state index contributed by atoms with van der Waals surface area (Å²) < 4.78 is 12.7. The Morgan fingerprint density at radius 1 is 1.14 bits per heavy atom. The van der Waals surface area contributed by atoms with Crippen molar-refractivity contribution in [1.29, 1.82) is 0 Å². The van der Waals surface area contributed by atoms with Gasteiger partial charge >= 0.3 is 0 Å². The smallest absolute Gasteiger partial charge is 0.123 e. The summed E-state index contributed by atoms with van der Waals surface area (Å²) in [5, 5.41) is 1.87. The van der Waals surface area contributed by atoms with E-state index < -0.39 is 0 Å². The lowest BCUT2D eigenvalue weighted by Crippen LogP contribution is -2.23. The maximum Gasteiger partial charge on any atom is 0.123 e. The molecule has 0 fully saturated rings. The summed E-state index contributed by atoms with van der Waals surface area (Å²) in [6.45, 7) is 2.19. The van der Waals surface area contributed by atoms with Gasteiger partial charge in [-0.1, -0.05) is 50.9 Å². The van der Waals surface area contributed by atoms with Crippen molar-refractivity contribution >= 4 is 31.9 Å². The van der Waals surface area contributed by atoms with Gasteiger partial charge in [0.25, 0.3) is 0 Å². The number of rotatable bonds is 4. The van der Waals surface area contributed by atoms with Gasteiger partial charge in [-0.2, -0.15) is 0 Å². The minimum atomic E-state index is -0.173. The molecule has 0 radical (unpaired) electrons. The fraction of sp³-hybridized carbons (Fsp3) is 0.455. The molecule has 0 aromatic heterocycles. The van der Waals surface area contributed by atoms with Crippen LogP contribution in [0, 0.1) is 11.2 Å². The summed E-state index contributed by atoms with van der Waals surface area (Å²) in [4.78, 5) is 0. The molecule has 0 heterocycles. The van der Waals surface area contributed by atoms with Gasteiger partial charge in [0, 0.05) is 10.7 Å². The van der Waals surface area contributed by atoms with Crippen LogP contribution in [0.15, 0.2) is 24.3 Å². The average molecular weight is 324 g/mol. The first kappa shape index (κ1) is 12.2. The molecular weight excluding hydrogens is 311 g/mol. The van der Waals surface area contributed by atoms with E-state index in [-0.39, 0.29) is 11.2 Å².